The fourth-order valence-corrected chi connectivity index (χ4v) is 0.488. The van der Waals surface area contributed by atoms with E-state index in [0.717, 1.165) is 0 Å². The first-order chi connectivity index (χ1) is 4.68. The number of hydrogen-bond acceptors (Lipinski definition) is 1. The Bertz CT molecular complexity index is 102. The molecule has 10 heavy (non-hydrogen) atoms. The Morgan fingerprint density at radius 1 is 1.50 bits per heavy atom. The number of carbonyl (C=O) groups excluding carboxylic acids is 1. The normalized spacial score (nSPS) is 10.0. The van der Waals surface area contributed by atoms with E-state index in [9.17, 15) is 9.90 Å². The van der Waals surface area contributed by atoms with Crippen LogP contribution in [0.25, 0.3) is 0 Å². The summed E-state index contributed by atoms with van der Waals surface area (Å²) in [5.74, 6) is 0.0418. The van der Waals surface area contributed by atoms with Gasteiger partial charge < -0.3 is 5.32 Å². The molecule has 3 nitrogen and oxygen atoms in total. The van der Waals surface area contributed by atoms with Crippen LogP contribution in [0.4, 0.5) is 0 Å². The lowest BCUT2D eigenvalue weighted by Crippen LogP contribution is -2.28. The van der Waals surface area contributed by atoms with Gasteiger partial charge in [-0.3, -0.25) is 4.79 Å². The van der Waals surface area contributed by atoms with Gasteiger partial charge in [-0.05, 0) is 6.42 Å². The molecule has 0 aliphatic carbocycles. The van der Waals surface area contributed by atoms with E-state index < -0.39 is 0 Å². The van der Waals surface area contributed by atoms with Gasteiger partial charge in [0.1, 0.15) is 0 Å². The van der Waals surface area contributed by atoms with Crippen LogP contribution in [0.2, 0.25) is 0 Å². The molecule has 0 fully saturated rings. The molecule has 0 aromatic carbocycles. The number of carbonyl (C=O) groups is 1. The third-order valence-corrected chi connectivity index (χ3v) is 1.14. The molecule has 3 heteroatoms. The van der Waals surface area contributed by atoms with E-state index >= 15 is 0 Å². The van der Waals surface area contributed by atoms with Gasteiger partial charge in [-0.1, -0.05) is 13.8 Å². The lowest BCUT2D eigenvalue weighted by molar-refractivity contribution is -0.124. The molecule has 1 amide bonds. The molecule has 0 aromatic heterocycles. The van der Waals surface area contributed by atoms with Crippen LogP contribution in [0.3, 0.4) is 0 Å². The van der Waals surface area contributed by atoms with Crippen molar-refractivity contribution in [3.8, 4) is 0 Å². The Labute approximate surface area is 61.4 Å². The first-order valence-electron chi connectivity index (χ1n) is 3.54. The van der Waals surface area contributed by atoms with Crippen LogP contribution in [-0.4, -0.2) is 19.1 Å². The van der Waals surface area contributed by atoms with Crippen molar-refractivity contribution >= 4 is 5.91 Å². The Morgan fingerprint density at radius 2 is 2.10 bits per heavy atom. The molecule has 0 heterocycles. The summed E-state index contributed by atoms with van der Waals surface area (Å²) >= 11 is 0. The molecular weight excluding hydrogens is 130 g/mol. The maximum atomic E-state index is 10.8. The molecule has 0 spiro atoms. The molecule has 0 atom stereocenters. The van der Waals surface area contributed by atoms with E-state index in [1.54, 1.807) is 0 Å². The Morgan fingerprint density at radius 3 is 2.50 bits per heavy atom. The molecule has 0 saturated carbocycles. The summed E-state index contributed by atoms with van der Waals surface area (Å²) in [6.45, 7) is 4.05. The van der Waals surface area contributed by atoms with E-state index in [-0.39, 0.29) is 18.4 Å². The Kier molecular flexibility index (Phi) is 4.94. The molecule has 0 unspecified atom stereocenters. The fourth-order valence-electron chi connectivity index (χ4n) is 0.488. The zero-order valence-corrected chi connectivity index (χ0v) is 6.52. The standard InChI is InChI=1S/C7H14NO2/c1-6(2)7(10)8-4-3-5-9/h6H,3-5H2,1-2H3,(H,8,10). The first-order valence-corrected chi connectivity index (χ1v) is 3.54. The minimum absolute atomic E-state index is 0.0200. The summed E-state index contributed by atoms with van der Waals surface area (Å²) in [6.07, 6.45) is 0.526. The van der Waals surface area contributed by atoms with Crippen LogP contribution in [0.5, 0.6) is 0 Å². The van der Waals surface area contributed by atoms with Crippen LogP contribution < -0.4 is 5.32 Å². The Hall–Kier alpha value is -0.570. The Balaban J connectivity index is 3.22. The van der Waals surface area contributed by atoms with Crippen molar-refractivity contribution in [2.24, 2.45) is 5.92 Å². The van der Waals surface area contributed by atoms with Crippen molar-refractivity contribution < 1.29 is 9.90 Å². The van der Waals surface area contributed by atoms with E-state index in [1.165, 1.54) is 0 Å². The average Bonchev–Trinajstić information content (AvgIpc) is 1.88. The lowest BCUT2D eigenvalue weighted by Gasteiger charge is -2.04. The summed E-state index contributed by atoms with van der Waals surface area (Å²) in [5, 5.41) is 12.6. The summed E-state index contributed by atoms with van der Waals surface area (Å²) in [4.78, 5) is 10.8. The van der Waals surface area contributed by atoms with E-state index in [4.69, 9.17) is 0 Å². The summed E-state index contributed by atoms with van der Waals surface area (Å²) < 4.78 is 0. The van der Waals surface area contributed by atoms with Crippen molar-refractivity contribution in [3.63, 3.8) is 0 Å². The maximum absolute atomic E-state index is 10.8. The zero-order valence-electron chi connectivity index (χ0n) is 6.52. The highest BCUT2D eigenvalue weighted by atomic mass is 16.3. The van der Waals surface area contributed by atoms with Crippen LogP contribution in [0.1, 0.15) is 20.3 Å². The molecule has 0 saturated heterocycles. The molecular formula is C7H14NO2. The van der Waals surface area contributed by atoms with Gasteiger partial charge in [0, 0.05) is 12.5 Å². The molecule has 0 bridgehead atoms. The van der Waals surface area contributed by atoms with Crippen molar-refractivity contribution in [1.82, 2.24) is 5.32 Å². The monoisotopic (exact) mass is 144 g/mol. The minimum atomic E-state index is -0.113. The third-order valence-electron chi connectivity index (χ3n) is 1.14. The largest absolute Gasteiger partial charge is 0.356 e. The van der Waals surface area contributed by atoms with Crippen molar-refractivity contribution in [3.05, 3.63) is 0 Å². The summed E-state index contributed by atoms with van der Waals surface area (Å²) in [5.41, 5.74) is 0. The average molecular weight is 144 g/mol. The molecule has 0 aliphatic heterocycles. The summed E-state index contributed by atoms with van der Waals surface area (Å²) in [7, 11) is 0. The third kappa shape index (κ3) is 4.32. The maximum Gasteiger partial charge on any atom is 0.222 e. The molecule has 0 rings (SSSR count). The van der Waals surface area contributed by atoms with Gasteiger partial charge in [0.05, 0.1) is 6.61 Å². The van der Waals surface area contributed by atoms with Crippen LogP contribution in [-0.2, 0) is 9.90 Å². The van der Waals surface area contributed by atoms with E-state index in [2.05, 4.69) is 5.32 Å². The van der Waals surface area contributed by atoms with Crippen LogP contribution in [0, 0.1) is 5.92 Å². The highest BCUT2D eigenvalue weighted by Gasteiger charge is 2.03. The van der Waals surface area contributed by atoms with Gasteiger partial charge in [-0.2, -0.15) is 0 Å². The van der Waals surface area contributed by atoms with Gasteiger partial charge in [0.25, 0.3) is 0 Å². The highest BCUT2D eigenvalue weighted by molar-refractivity contribution is 5.77. The molecule has 59 valence electrons. The number of hydrogen-bond donors (Lipinski definition) is 1. The predicted octanol–water partition coefficient (Wildman–Crippen LogP) is 0.579. The van der Waals surface area contributed by atoms with Crippen molar-refractivity contribution in [1.29, 1.82) is 0 Å². The quantitative estimate of drug-likeness (QED) is 0.576. The fraction of sp³-hybridized carbons (Fsp3) is 0.857. The first kappa shape index (κ1) is 9.43. The van der Waals surface area contributed by atoms with Gasteiger partial charge in [-0.25, -0.2) is 5.11 Å². The lowest BCUT2D eigenvalue weighted by atomic mass is 10.2. The SMILES string of the molecule is CC(C)C(=O)NCCC[O]. The topological polar surface area (TPSA) is 49.0 Å². The number of nitrogens with one attached hydrogen (secondary N) is 1. The van der Waals surface area contributed by atoms with Gasteiger partial charge in [-0.15, -0.1) is 0 Å². The van der Waals surface area contributed by atoms with Gasteiger partial charge in [0.15, 0.2) is 0 Å². The highest BCUT2D eigenvalue weighted by Crippen LogP contribution is 1.89. The number of amides is 1. The minimum Gasteiger partial charge on any atom is -0.356 e. The molecule has 0 aliphatic rings. The summed E-state index contributed by atoms with van der Waals surface area (Å²) in [6, 6.07) is 0. The van der Waals surface area contributed by atoms with E-state index in [0.29, 0.717) is 13.0 Å². The zero-order chi connectivity index (χ0) is 7.98. The molecule has 0 aromatic rings. The van der Waals surface area contributed by atoms with E-state index in [1.807, 2.05) is 13.8 Å². The molecule has 1 radical (unpaired) electrons. The van der Waals surface area contributed by atoms with Crippen LogP contribution in [0.15, 0.2) is 0 Å². The smallest absolute Gasteiger partial charge is 0.222 e. The second kappa shape index (κ2) is 5.23. The van der Waals surface area contributed by atoms with Crippen molar-refractivity contribution in [2.45, 2.75) is 20.3 Å². The predicted molar refractivity (Wildman–Crippen MR) is 38.0 cm³/mol. The van der Waals surface area contributed by atoms with Crippen LogP contribution >= 0.6 is 0 Å². The van der Waals surface area contributed by atoms with Crippen molar-refractivity contribution in [2.75, 3.05) is 13.2 Å². The second-order valence-corrected chi connectivity index (χ2v) is 2.50. The molecule has 1 N–H and O–H groups in total. The number of rotatable bonds is 4. The van der Waals surface area contributed by atoms with Gasteiger partial charge >= 0.3 is 0 Å². The van der Waals surface area contributed by atoms with Gasteiger partial charge in [0.2, 0.25) is 5.91 Å². The second-order valence-electron chi connectivity index (χ2n) is 2.50.